The Morgan fingerprint density at radius 1 is 1.17 bits per heavy atom. The van der Waals surface area contributed by atoms with Crippen LogP contribution in [0.5, 0.6) is 0 Å². The molecule has 0 N–H and O–H groups in total. The minimum absolute atomic E-state index is 0.250. The molecule has 0 aliphatic carbocycles. The van der Waals surface area contributed by atoms with Gasteiger partial charge in [0.05, 0.1) is 6.61 Å². The Labute approximate surface area is 108 Å². The Kier molecular flexibility index (Phi) is 4.02. The fourth-order valence-corrected chi connectivity index (χ4v) is 2.15. The van der Waals surface area contributed by atoms with Crippen LogP contribution >= 0.6 is 0 Å². The van der Waals surface area contributed by atoms with Crippen LogP contribution < -0.4 is 0 Å². The van der Waals surface area contributed by atoms with Gasteiger partial charge in [-0.1, -0.05) is 23.3 Å². The third-order valence-corrected chi connectivity index (χ3v) is 3.45. The molecular weight excluding hydrogens is 228 g/mol. The predicted molar refractivity (Wildman–Crippen MR) is 69.9 cm³/mol. The van der Waals surface area contributed by atoms with Crippen LogP contribution in [0, 0.1) is 0 Å². The standard InChI is InChI=1S/C15H20O3/c1-10-5-4-6-11(2)9-17-15-13(8-7-10)12(3)14(16)18-15/h6-7,15H,4-5,8-9H2,1-3H3/b10-7+,11-6-/t15-/m0/s1. The molecule has 0 aromatic rings. The van der Waals surface area contributed by atoms with Gasteiger partial charge in [-0.3, -0.25) is 0 Å². The molecule has 0 unspecified atom stereocenters. The van der Waals surface area contributed by atoms with Gasteiger partial charge in [-0.25, -0.2) is 4.79 Å². The molecule has 0 radical (unpaired) electrons. The molecule has 0 aromatic carbocycles. The molecule has 0 saturated heterocycles. The van der Waals surface area contributed by atoms with Crippen LogP contribution in [-0.2, 0) is 14.3 Å². The summed E-state index contributed by atoms with van der Waals surface area (Å²) in [4.78, 5) is 11.6. The molecule has 0 amide bonds. The highest BCUT2D eigenvalue weighted by atomic mass is 16.7. The Bertz CT molecular complexity index is 441. The normalized spacial score (nSPS) is 31.7. The molecule has 1 atom stereocenters. The summed E-state index contributed by atoms with van der Waals surface area (Å²) in [5.41, 5.74) is 4.20. The largest absolute Gasteiger partial charge is 0.428 e. The Balaban J connectivity index is 2.24. The average molecular weight is 248 g/mol. The lowest BCUT2D eigenvalue weighted by Gasteiger charge is -2.14. The van der Waals surface area contributed by atoms with E-state index in [2.05, 4.69) is 19.1 Å². The first-order valence-electron chi connectivity index (χ1n) is 6.41. The Morgan fingerprint density at radius 2 is 1.94 bits per heavy atom. The highest BCUT2D eigenvalue weighted by Crippen LogP contribution is 2.28. The molecule has 18 heavy (non-hydrogen) atoms. The SMILES string of the molecule is CC1=C2C/C=C(\C)CC/C=C(/C)CO[C@H]2OC1=O. The lowest BCUT2D eigenvalue weighted by atomic mass is 10.0. The van der Waals surface area contributed by atoms with Gasteiger partial charge >= 0.3 is 5.97 Å². The summed E-state index contributed by atoms with van der Waals surface area (Å²) in [7, 11) is 0. The van der Waals surface area contributed by atoms with Gasteiger partial charge in [0.1, 0.15) is 0 Å². The monoisotopic (exact) mass is 248 g/mol. The van der Waals surface area contributed by atoms with Crippen molar-refractivity contribution in [3.8, 4) is 0 Å². The van der Waals surface area contributed by atoms with E-state index in [1.165, 1.54) is 11.1 Å². The van der Waals surface area contributed by atoms with Crippen molar-refractivity contribution in [2.75, 3.05) is 6.61 Å². The molecule has 0 saturated carbocycles. The van der Waals surface area contributed by atoms with Gasteiger partial charge in [-0.05, 0) is 40.0 Å². The predicted octanol–water partition coefficient (Wildman–Crippen LogP) is 3.28. The second-order valence-electron chi connectivity index (χ2n) is 5.04. The summed E-state index contributed by atoms with van der Waals surface area (Å²) < 4.78 is 10.9. The first-order valence-corrected chi connectivity index (χ1v) is 6.41. The van der Waals surface area contributed by atoms with Crippen LogP contribution in [0.25, 0.3) is 0 Å². The number of rotatable bonds is 0. The fourth-order valence-electron chi connectivity index (χ4n) is 2.15. The maximum absolute atomic E-state index is 11.6. The van der Waals surface area contributed by atoms with Gasteiger partial charge in [0.15, 0.2) is 0 Å². The third-order valence-electron chi connectivity index (χ3n) is 3.45. The van der Waals surface area contributed by atoms with Crippen molar-refractivity contribution < 1.29 is 14.3 Å². The molecule has 2 heterocycles. The minimum atomic E-state index is -0.497. The van der Waals surface area contributed by atoms with E-state index in [1.807, 2.05) is 13.8 Å². The second-order valence-corrected chi connectivity index (χ2v) is 5.04. The average Bonchev–Trinajstić information content (AvgIpc) is 2.58. The number of allylic oxidation sites excluding steroid dienone is 3. The van der Waals surface area contributed by atoms with E-state index in [0.717, 1.165) is 24.8 Å². The van der Waals surface area contributed by atoms with Gasteiger partial charge in [0.25, 0.3) is 0 Å². The molecule has 2 rings (SSSR count). The zero-order valence-corrected chi connectivity index (χ0v) is 11.3. The van der Waals surface area contributed by atoms with Gasteiger partial charge < -0.3 is 9.47 Å². The molecule has 0 spiro atoms. The quantitative estimate of drug-likeness (QED) is 0.487. The molecule has 2 aliphatic heterocycles. The summed E-state index contributed by atoms with van der Waals surface area (Å²) in [5.74, 6) is -0.250. The zero-order valence-electron chi connectivity index (χ0n) is 11.3. The van der Waals surface area contributed by atoms with Crippen molar-refractivity contribution >= 4 is 5.97 Å². The Hall–Kier alpha value is -1.35. The molecule has 0 bridgehead atoms. The fraction of sp³-hybridized carbons (Fsp3) is 0.533. The minimum Gasteiger partial charge on any atom is -0.428 e. The van der Waals surface area contributed by atoms with Gasteiger partial charge in [-0.15, -0.1) is 0 Å². The highest BCUT2D eigenvalue weighted by Gasteiger charge is 2.31. The van der Waals surface area contributed by atoms with Gasteiger partial charge in [-0.2, -0.15) is 0 Å². The van der Waals surface area contributed by atoms with E-state index in [9.17, 15) is 4.79 Å². The van der Waals surface area contributed by atoms with Gasteiger partial charge in [0.2, 0.25) is 6.29 Å². The van der Waals surface area contributed by atoms with E-state index < -0.39 is 6.29 Å². The van der Waals surface area contributed by atoms with E-state index in [0.29, 0.717) is 12.2 Å². The van der Waals surface area contributed by atoms with Crippen molar-refractivity contribution in [2.24, 2.45) is 0 Å². The topological polar surface area (TPSA) is 35.5 Å². The third kappa shape index (κ3) is 2.91. The van der Waals surface area contributed by atoms with Crippen LogP contribution in [0.2, 0.25) is 0 Å². The summed E-state index contributed by atoms with van der Waals surface area (Å²) in [6, 6.07) is 0. The number of hydrogen-bond acceptors (Lipinski definition) is 3. The van der Waals surface area contributed by atoms with Gasteiger partial charge in [0, 0.05) is 11.1 Å². The van der Waals surface area contributed by atoms with Crippen LogP contribution in [0.3, 0.4) is 0 Å². The van der Waals surface area contributed by atoms with Crippen molar-refractivity contribution in [2.45, 2.75) is 46.3 Å². The smallest absolute Gasteiger partial charge is 0.336 e. The summed E-state index contributed by atoms with van der Waals surface area (Å²) >= 11 is 0. The zero-order chi connectivity index (χ0) is 13.1. The number of ether oxygens (including phenoxy) is 2. The van der Waals surface area contributed by atoms with Crippen LogP contribution in [-0.4, -0.2) is 18.9 Å². The van der Waals surface area contributed by atoms with Crippen LogP contribution in [0.4, 0.5) is 0 Å². The van der Waals surface area contributed by atoms with Crippen molar-refractivity contribution in [3.63, 3.8) is 0 Å². The molecule has 0 aromatic heterocycles. The number of carbonyl (C=O) groups excluding carboxylic acids is 1. The summed E-state index contributed by atoms with van der Waals surface area (Å²) in [6.07, 6.45) is 6.71. The lowest BCUT2D eigenvalue weighted by molar-refractivity contribution is -0.158. The number of carbonyl (C=O) groups is 1. The van der Waals surface area contributed by atoms with E-state index in [1.54, 1.807) is 0 Å². The summed E-state index contributed by atoms with van der Waals surface area (Å²) in [5, 5.41) is 0. The van der Waals surface area contributed by atoms with Crippen molar-refractivity contribution in [1.82, 2.24) is 0 Å². The number of fused-ring (bicyclic) bond motifs is 1. The molecular formula is C15H20O3. The van der Waals surface area contributed by atoms with Crippen LogP contribution in [0.1, 0.15) is 40.0 Å². The molecule has 2 aliphatic rings. The lowest BCUT2D eigenvalue weighted by Crippen LogP contribution is -2.17. The highest BCUT2D eigenvalue weighted by molar-refractivity contribution is 5.91. The van der Waals surface area contributed by atoms with E-state index >= 15 is 0 Å². The first-order chi connectivity index (χ1) is 8.58. The van der Waals surface area contributed by atoms with Crippen molar-refractivity contribution in [3.05, 3.63) is 34.4 Å². The van der Waals surface area contributed by atoms with E-state index in [4.69, 9.17) is 9.47 Å². The maximum Gasteiger partial charge on any atom is 0.336 e. The summed E-state index contributed by atoms with van der Waals surface area (Å²) in [6.45, 7) is 6.51. The Morgan fingerprint density at radius 3 is 2.72 bits per heavy atom. The molecule has 3 nitrogen and oxygen atoms in total. The number of hydrogen-bond donors (Lipinski definition) is 0. The van der Waals surface area contributed by atoms with Crippen LogP contribution in [0.15, 0.2) is 34.4 Å². The second kappa shape index (κ2) is 5.53. The molecule has 3 heteroatoms. The first kappa shape index (κ1) is 13.1. The van der Waals surface area contributed by atoms with Crippen molar-refractivity contribution in [1.29, 1.82) is 0 Å². The maximum atomic E-state index is 11.6. The molecule has 98 valence electrons. The molecule has 0 fully saturated rings. The van der Waals surface area contributed by atoms with E-state index in [-0.39, 0.29) is 5.97 Å². The number of esters is 1.